The van der Waals surface area contributed by atoms with Crippen LogP contribution in [0, 0.1) is 5.92 Å². The van der Waals surface area contributed by atoms with E-state index in [4.69, 9.17) is 20.4 Å². The van der Waals surface area contributed by atoms with Crippen molar-refractivity contribution in [2.75, 3.05) is 6.61 Å². The SMILES string of the molecule is OC[C@@H]1C[C@H](O)[C@@H](O)[C@H](O)[C@@H]1O. The minimum absolute atomic E-state index is 0.107. The summed E-state index contributed by atoms with van der Waals surface area (Å²) in [6, 6.07) is 0. The smallest absolute Gasteiger partial charge is 0.109 e. The van der Waals surface area contributed by atoms with Gasteiger partial charge < -0.3 is 25.5 Å². The van der Waals surface area contributed by atoms with Crippen LogP contribution >= 0.6 is 0 Å². The van der Waals surface area contributed by atoms with Gasteiger partial charge in [0.05, 0.1) is 12.2 Å². The van der Waals surface area contributed by atoms with Crippen molar-refractivity contribution in [2.45, 2.75) is 30.8 Å². The van der Waals surface area contributed by atoms with Gasteiger partial charge in [-0.3, -0.25) is 0 Å². The Balaban J connectivity index is 2.63. The first-order valence-corrected chi connectivity index (χ1v) is 3.91. The van der Waals surface area contributed by atoms with Crippen molar-refractivity contribution in [1.29, 1.82) is 0 Å². The highest BCUT2D eigenvalue weighted by Gasteiger charge is 2.41. The first-order chi connectivity index (χ1) is 5.57. The van der Waals surface area contributed by atoms with Crippen molar-refractivity contribution in [2.24, 2.45) is 5.92 Å². The molecule has 0 spiro atoms. The summed E-state index contributed by atoms with van der Waals surface area (Å²) in [4.78, 5) is 0. The average molecular weight is 178 g/mol. The van der Waals surface area contributed by atoms with Gasteiger partial charge in [-0.1, -0.05) is 0 Å². The van der Waals surface area contributed by atoms with Gasteiger partial charge in [0.1, 0.15) is 12.2 Å². The van der Waals surface area contributed by atoms with Crippen LogP contribution in [-0.2, 0) is 0 Å². The molecule has 0 heterocycles. The highest BCUT2D eigenvalue weighted by Crippen LogP contribution is 2.25. The molecule has 1 fully saturated rings. The first-order valence-electron chi connectivity index (χ1n) is 3.91. The quantitative estimate of drug-likeness (QED) is 0.304. The highest BCUT2D eigenvalue weighted by atomic mass is 16.4. The number of hydrogen-bond donors (Lipinski definition) is 5. The maximum Gasteiger partial charge on any atom is 0.109 e. The molecule has 5 atom stereocenters. The van der Waals surface area contributed by atoms with Gasteiger partial charge in [0.25, 0.3) is 0 Å². The molecule has 0 aromatic rings. The summed E-state index contributed by atoms with van der Waals surface area (Å²) >= 11 is 0. The lowest BCUT2D eigenvalue weighted by atomic mass is 9.81. The number of rotatable bonds is 1. The minimum atomic E-state index is -1.37. The van der Waals surface area contributed by atoms with Crippen molar-refractivity contribution < 1.29 is 25.5 Å². The second kappa shape index (κ2) is 3.68. The van der Waals surface area contributed by atoms with Crippen LogP contribution in [0.1, 0.15) is 6.42 Å². The third-order valence-corrected chi connectivity index (χ3v) is 2.36. The van der Waals surface area contributed by atoms with E-state index in [1.54, 1.807) is 0 Å². The summed E-state index contributed by atoms with van der Waals surface area (Å²) in [5.41, 5.74) is 0. The molecule has 5 nitrogen and oxygen atoms in total. The van der Waals surface area contributed by atoms with E-state index >= 15 is 0 Å². The molecule has 0 radical (unpaired) electrons. The van der Waals surface area contributed by atoms with E-state index in [0.717, 1.165) is 0 Å². The van der Waals surface area contributed by atoms with Crippen molar-refractivity contribution in [3.05, 3.63) is 0 Å². The lowest BCUT2D eigenvalue weighted by Gasteiger charge is -2.37. The fraction of sp³-hybridized carbons (Fsp3) is 1.00. The highest BCUT2D eigenvalue weighted by molar-refractivity contribution is 4.91. The molecule has 0 bridgehead atoms. The zero-order valence-electron chi connectivity index (χ0n) is 6.54. The standard InChI is InChI=1S/C7H14O5/c8-2-3-1-4(9)6(11)7(12)5(3)10/h3-12H,1-2H2/t3-,4-,5+,6+,7+/m0/s1. The van der Waals surface area contributed by atoms with Crippen LogP contribution in [-0.4, -0.2) is 56.6 Å². The lowest BCUT2D eigenvalue weighted by Crippen LogP contribution is -2.54. The second-order valence-corrected chi connectivity index (χ2v) is 3.22. The summed E-state index contributed by atoms with van der Waals surface area (Å²) < 4.78 is 0. The third-order valence-electron chi connectivity index (χ3n) is 2.36. The van der Waals surface area contributed by atoms with Crippen LogP contribution in [0.25, 0.3) is 0 Å². The molecule has 0 amide bonds. The summed E-state index contributed by atoms with van der Waals surface area (Å²) in [5.74, 6) is -0.557. The van der Waals surface area contributed by atoms with Crippen molar-refractivity contribution in [1.82, 2.24) is 0 Å². The fourth-order valence-electron chi connectivity index (χ4n) is 1.48. The predicted molar refractivity (Wildman–Crippen MR) is 39.2 cm³/mol. The number of aliphatic hydroxyl groups is 5. The van der Waals surface area contributed by atoms with Crippen LogP contribution in [0.3, 0.4) is 0 Å². The minimum Gasteiger partial charge on any atom is -0.396 e. The van der Waals surface area contributed by atoms with E-state index in [0.29, 0.717) is 0 Å². The molecule has 72 valence electrons. The van der Waals surface area contributed by atoms with Gasteiger partial charge >= 0.3 is 0 Å². The maximum atomic E-state index is 9.24. The molecule has 0 aromatic heterocycles. The molecule has 5 heteroatoms. The van der Waals surface area contributed by atoms with Crippen molar-refractivity contribution in [3.63, 3.8) is 0 Å². The van der Waals surface area contributed by atoms with Crippen molar-refractivity contribution >= 4 is 0 Å². The van der Waals surface area contributed by atoms with E-state index in [2.05, 4.69) is 0 Å². The Morgan fingerprint density at radius 1 is 0.917 bits per heavy atom. The molecule has 1 aliphatic carbocycles. The average Bonchev–Trinajstić information content (AvgIpc) is 2.08. The summed E-state index contributed by atoms with van der Waals surface area (Å²) in [5, 5.41) is 45.3. The Bertz CT molecular complexity index is 146. The largest absolute Gasteiger partial charge is 0.396 e. The van der Waals surface area contributed by atoms with Gasteiger partial charge in [-0.2, -0.15) is 0 Å². The summed E-state index contributed by atoms with van der Waals surface area (Å²) in [7, 11) is 0. The fourth-order valence-corrected chi connectivity index (χ4v) is 1.48. The van der Waals surface area contributed by atoms with Gasteiger partial charge in [0.2, 0.25) is 0 Å². The monoisotopic (exact) mass is 178 g/mol. The van der Waals surface area contributed by atoms with Crippen LogP contribution in [0.4, 0.5) is 0 Å². The molecule has 1 saturated carbocycles. The van der Waals surface area contributed by atoms with Gasteiger partial charge in [-0.05, 0) is 6.42 Å². The Labute approximate surface area is 69.9 Å². The number of aliphatic hydroxyl groups excluding tert-OH is 5. The predicted octanol–water partition coefficient (Wildman–Crippen LogP) is -2.56. The van der Waals surface area contributed by atoms with E-state index in [1.165, 1.54) is 0 Å². The van der Waals surface area contributed by atoms with E-state index in [-0.39, 0.29) is 13.0 Å². The molecule has 0 unspecified atom stereocenters. The van der Waals surface area contributed by atoms with Crippen LogP contribution < -0.4 is 0 Å². The Morgan fingerprint density at radius 2 is 1.50 bits per heavy atom. The van der Waals surface area contributed by atoms with Crippen molar-refractivity contribution in [3.8, 4) is 0 Å². The van der Waals surface area contributed by atoms with Gasteiger partial charge in [0.15, 0.2) is 0 Å². The van der Waals surface area contributed by atoms with Crippen LogP contribution in [0.2, 0.25) is 0 Å². The maximum absolute atomic E-state index is 9.24. The molecular weight excluding hydrogens is 164 g/mol. The van der Waals surface area contributed by atoms with Crippen LogP contribution in [0.15, 0.2) is 0 Å². The Kier molecular flexibility index (Phi) is 3.03. The number of hydrogen-bond acceptors (Lipinski definition) is 5. The Morgan fingerprint density at radius 3 is 2.00 bits per heavy atom. The van der Waals surface area contributed by atoms with Crippen LogP contribution in [0.5, 0.6) is 0 Å². The molecule has 1 aliphatic rings. The molecular formula is C7H14O5. The second-order valence-electron chi connectivity index (χ2n) is 3.22. The van der Waals surface area contributed by atoms with Gasteiger partial charge in [-0.25, -0.2) is 0 Å². The molecule has 5 N–H and O–H groups in total. The zero-order chi connectivity index (χ0) is 9.30. The molecule has 1 rings (SSSR count). The zero-order valence-corrected chi connectivity index (χ0v) is 6.54. The van der Waals surface area contributed by atoms with Gasteiger partial charge in [-0.15, -0.1) is 0 Å². The third kappa shape index (κ3) is 1.60. The lowest BCUT2D eigenvalue weighted by molar-refractivity contribution is -0.163. The van der Waals surface area contributed by atoms with E-state index in [9.17, 15) is 5.11 Å². The molecule has 0 aromatic carbocycles. The molecule has 0 aliphatic heterocycles. The normalized spacial score (nSPS) is 49.2. The van der Waals surface area contributed by atoms with Gasteiger partial charge in [0, 0.05) is 12.5 Å². The summed E-state index contributed by atoms with van der Waals surface area (Å²) in [6.45, 7) is -0.304. The molecule has 12 heavy (non-hydrogen) atoms. The van der Waals surface area contributed by atoms with E-state index in [1.807, 2.05) is 0 Å². The van der Waals surface area contributed by atoms with E-state index < -0.39 is 30.3 Å². The topological polar surface area (TPSA) is 101 Å². The Hall–Kier alpha value is -0.200. The summed E-state index contributed by atoms with van der Waals surface area (Å²) in [6.07, 6.45) is -4.81. The first kappa shape index (κ1) is 9.88. The molecule has 0 saturated heterocycles.